The molecule has 0 aliphatic rings. The molecule has 7 heteroatoms. The van der Waals surface area contributed by atoms with E-state index in [1.807, 2.05) is 6.92 Å². The summed E-state index contributed by atoms with van der Waals surface area (Å²) < 4.78 is 24.2. The monoisotopic (exact) mass is 338 g/mol. The van der Waals surface area contributed by atoms with Crippen LogP contribution in [0.5, 0.6) is 0 Å². The third kappa shape index (κ3) is 3.85. The Morgan fingerprint density at radius 3 is 2.32 bits per heavy atom. The minimum absolute atomic E-state index is 0.0733. The highest BCUT2D eigenvalue weighted by Gasteiger charge is 2.16. The Morgan fingerprint density at radius 1 is 1.09 bits per heavy atom. The molecular weight excluding hydrogens is 324 g/mol. The molecule has 0 bridgehead atoms. The van der Waals surface area contributed by atoms with E-state index in [-0.39, 0.29) is 15.5 Å². The van der Waals surface area contributed by atoms with Gasteiger partial charge in [-0.3, -0.25) is 10.2 Å². The number of rotatable bonds is 5. The van der Waals surface area contributed by atoms with Crippen LogP contribution in [0.25, 0.3) is 0 Å². The second kappa shape index (κ2) is 6.91. The molecule has 0 heterocycles. The van der Waals surface area contributed by atoms with Gasteiger partial charge in [-0.15, -0.1) is 4.83 Å². The highest BCUT2D eigenvalue weighted by Crippen LogP contribution is 2.14. The Labute approximate surface area is 134 Å². The number of nitrogens with one attached hydrogen (secondary N) is 2. The fraction of sp³-hybridized carbons (Fsp3) is 0.133. The van der Waals surface area contributed by atoms with Crippen molar-refractivity contribution in [3.63, 3.8) is 0 Å². The highest BCUT2D eigenvalue weighted by molar-refractivity contribution is 7.89. The predicted octanol–water partition coefficient (Wildman–Crippen LogP) is 2.53. The summed E-state index contributed by atoms with van der Waals surface area (Å²) in [5.74, 6) is -0.626. The summed E-state index contributed by atoms with van der Waals surface area (Å²) in [5, 5.41) is 0.242. The third-order valence-corrected chi connectivity index (χ3v) is 4.65. The van der Waals surface area contributed by atoms with Crippen LogP contribution in [0.3, 0.4) is 0 Å². The molecule has 2 aromatic rings. The quantitative estimate of drug-likeness (QED) is 0.822. The van der Waals surface area contributed by atoms with Gasteiger partial charge >= 0.3 is 0 Å². The predicted molar refractivity (Wildman–Crippen MR) is 85.1 cm³/mol. The lowest BCUT2D eigenvalue weighted by molar-refractivity contribution is 0.0945. The van der Waals surface area contributed by atoms with Crippen molar-refractivity contribution in [3.8, 4) is 0 Å². The number of carbonyl (C=O) groups is 1. The van der Waals surface area contributed by atoms with Crippen LogP contribution in [-0.2, 0) is 16.4 Å². The number of halogens is 1. The minimum Gasteiger partial charge on any atom is -0.273 e. The molecule has 1 amide bonds. The van der Waals surface area contributed by atoms with Gasteiger partial charge in [-0.05, 0) is 36.2 Å². The summed E-state index contributed by atoms with van der Waals surface area (Å²) in [6, 6.07) is 12.8. The molecule has 0 aliphatic carbocycles. The van der Waals surface area contributed by atoms with Gasteiger partial charge in [0.1, 0.15) is 0 Å². The normalized spacial score (nSPS) is 11.2. The van der Waals surface area contributed by atoms with Gasteiger partial charge in [0, 0.05) is 0 Å². The molecule has 0 aliphatic heterocycles. The summed E-state index contributed by atoms with van der Waals surface area (Å²) in [7, 11) is -3.83. The summed E-state index contributed by atoms with van der Waals surface area (Å²) >= 11 is 5.88. The van der Waals surface area contributed by atoms with Crippen molar-refractivity contribution in [1.82, 2.24) is 10.3 Å². The molecule has 0 spiro atoms. The molecule has 116 valence electrons. The molecule has 0 unspecified atom stereocenters. The van der Waals surface area contributed by atoms with Gasteiger partial charge in [0.25, 0.3) is 15.9 Å². The maximum absolute atomic E-state index is 12.1. The van der Waals surface area contributed by atoms with Gasteiger partial charge in [0.15, 0.2) is 0 Å². The van der Waals surface area contributed by atoms with Crippen molar-refractivity contribution >= 4 is 27.5 Å². The van der Waals surface area contributed by atoms with E-state index in [0.717, 1.165) is 12.0 Å². The highest BCUT2D eigenvalue weighted by atomic mass is 35.5. The van der Waals surface area contributed by atoms with Crippen molar-refractivity contribution in [2.75, 3.05) is 0 Å². The summed E-state index contributed by atoms with van der Waals surface area (Å²) in [6.45, 7) is 1.98. The van der Waals surface area contributed by atoms with E-state index in [4.69, 9.17) is 11.6 Å². The van der Waals surface area contributed by atoms with Crippen molar-refractivity contribution < 1.29 is 13.2 Å². The number of aryl methyl sites for hydroxylation is 1. The summed E-state index contributed by atoms with van der Waals surface area (Å²) in [4.78, 5) is 14.0. The van der Waals surface area contributed by atoms with Gasteiger partial charge in [-0.25, -0.2) is 8.42 Å². The van der Waals surface area contributed by atoms with Crippen LogP contribution in [0.4, 0.5) is 0 Å². The van der Waals surface area contributed by atoms with Gasteiger partial charge in [-0.2, -0.15) is 0 Å². The summed E-state index contributed by atoms with van der Waals surface area (Å²) in [6.07, 6.45) is 0.816. The van der Waals surface area contributed by atoms with Crippen LogP contribution in [0.1, 0.15) is 22.8 Å². The van der Waals surface area contributed by atoms with E-state index in [0.29, 0.717) is 0 Å². The largest absolute Gasteiger partial charge is 0.273 e. The molecule has 0 fully saturated rings. The lowest BCUT2D eigenvalue weighted by Crippen LogP contribution is -2.41. The molecule has 2 aromatic carbocycles. The maximum atomic E-state index is 12.1. The first-order chi connectivity index (χ1) is 10.4. The Hall–Kier alpha value is -1.89. The lowest BCUT2D eigenvalue weighted by atomic mass is 10.2. The van der Waals surface area contributed by atoms with Crippen LogP contribution in [-0.4, -0.2) is 14.3 Å². The molecule has 0 saturated heterocycles. The minimum atomic E-state index is -3.83. The first-order valence-electron chi connectivity index (χ1n) is 6.59. The number of hydrazine groups is 1. The van der Waals surface area contributed by atoms with Gasteiger partial charge in [0.05, 0.1) is 15.5 Å². The van der Waals surface area contributed by atoms with E-state index in [1.54, 1.807) is 30.3 Å². The van der Waals surface area contributed by atoms with Gasteiger partial charge in [0.2, 0.25) is 0 Å². The van der Waals surface area contributed by atoms with Crippen molar-refractivity contribution in [2.24, 2.45) is 0 Å². The first-order valence-corrected chi connectivity index (χ1v) is 8.46. The first kappa shape index (κ1) is 16.5. The number of hydrogen-bond acceptors (Lipinski definition) is 3. The van der Waals surface area contributed by atoms with Crippen LogP contribution in [0.15, 0.2) is 53.4 Å². The standard InChI is InChI=1S/C15H15ClN2O3S/c1-2-11-7-9-12(10-8-11)22(20,21)18-17-15(19)13-5-3-4-6-14(13)16/h3-10,18H,2H2,1H3,(H,17,19). The number of sulfonamides is 1. The van der Waals surface area contributed by atoms with Crippen molar-refractivity contribution in [1.29, 1.82) is 0 Å². The average molecular weight is 339 g/mol. The smallest absolute Gasteiger partial charge is 0.267 e. The van der Waals surface area contributed by atoms with E-state index < -0.39 is 15.9 Å². The second-order valence-electron chi connectivity index (χ2n) is 4.54. The zero-order valence-corrected chi connectivity index (χ0v) is 13.4. The second-order valence-corrected chi connectivity index (χ2v) is 6.63. The number of benzene rings is 2. The number of hydrogen-bond donors (Lipinski definition) is 2. The molecule has 2 rings (SSSR count). The Balaban J connectivity index is 2.09. The van der Waals surface area contributed by atoms with Gasteiger partial charge in [-0.1, -0.05) is 42.8 Å². The van der Waals surface area contributed by atoms with Crippen molar-refractivity contribution in [3.05, 3.63) is 64.7 Å². The SMILES string of the molecule is CCc1ccc(S(=O)(=O)NNC(=O)c2ccccc2Cl)cc1. The van der Waals surface area contributed by atoms with E-state index in [2.05, 4.69) is 10.3 Å². The fourth-order valence-corrected chi connectivity index (χ4v) is 2.85. The maximum Gasteiger partial charge on any atom is 0.267 e. The van der Waals surface area contributed by atoms with Gasteiger partial charge < -0.3 is 0 Å². The fourth-order valence-electron chi connectivity index (χ4n) is 1.79. The molecule has 0 aromatic heterocycles. The summed E-state index contributed by atoms with van der Waals surface area (Å²) in [5.41, 5.74) is 3.36. The molecule has 22 heavy (non-hydrogen) atoms. The Morgan fingerprint density at radius 2 is 1.73 bits per heavy atom. The van der Waals surface area contributed by atoms with Crippen LogP contribution in [0.2, 0.25) is 5.02 Å². The topological polar surface area (TPSA) is 75.3 Å². The van der Waals surface area contributed by atoms with E-state index in [1.165, 1.54) is 18.2 Å². The van der Waals surface area contributed by atoms with Crippen LogP contribution >= 0.6 is 11.6 Å². The third-order valence-electron chi connectivity index (χ3n) is 3.06. The molecule has 0 saturated carbocycles. The molecule has 5 nitrogen and oxygen atoms in total. The Bertz CT molecular complexity index is 774. The number of amides is 1. The van der Waals surface area contributed by atoms with Crippen LogP contribution < -0.4 is 10.3 Å². The zero-order chi connectivity index (χ0) is 16.2. The van der Waals surface area contributed by atoms with Crippen LogP contribution in [0, 0.1) is 0 Å². The molecule has 0 radical (unpaired) electrons. The van der Waals surface area contributed by atoms with Crippen molar-refractivity contribution in [2.45, 2.75) is 18.2 Å². The van der Waals surface area contributed by atoms with E-state index >= 15 is 0 Å². The molecule has 0 atom stereocenters. The zero-order valence-electron chi connectivity index (χ0n) is 11.8. The average Bonchev–Trinajstić information content (AvgIpc) is 2.53. The molecule has 2 N–H and O–H groups in total. The number of carbonyl (C=O) groups excluding carboxylic acids is 1. The molecular formula is C15H15ClN2O3S. The lowest BCUT2D eigenvalue weighted by Gasteiger charge is -2.09. The Kier molecular flexibility index (Phi) is 5.18. The van der Waals surface area contributed by atoms with E-state index in [9.17, 15) is 13.2 Å².